The lowest BCUT2D eigenvalue weighted by molar-refractivity contribution is 0.252. The Morgan fingerprint density at radius 2 is 2.13 bits per heavy atom. The topological polar surface area (TPSA) is 85.1 Å². The van der Waals surface area contributed by atoms with E-state index >= 15 is 0 Å². The molecule has 0 radical (unpaired) electrons. The van der Waals surface area contributed by atoms with Crippen molar-refractivity contribution < 1.29 is 4.79 Å². The summed E-state index contributed by atoms with van der Waals surface area (Å²) in [5, 5.41) is 12.2. The zero-order valence-corrected chi connectivity index (χ0v) is 16.3. The van der Waals surface area contributed by atoms with Crippen molar-refractivity contribution in [3.05, 3.63) is 66.5 Å². The summed E-state index contributed by atoms with van der Waals surface area (Å²) in [6.45, 7) is 1.77. The maximum absolute atomic E-state index is 13.3. The van der Waals surface area contributed by atoms with Gasteiger partial charge in [-0.1, -0.05) is 12.1 Å². The SMILES string of the molecule is N#Cc1cccc(-c2ccc3c(n2)N(C(=O)Nc2cccnc2)[C@@H]2CCCN3C2)c1. The number of nitrogens with zero attached hydrogens (tertiary/aromatic N) is 5. The molecule has 7 nitrogen and oxygen atoms in total. The van der Waals surface area contributed by atoms with Crippen molar-refractivity contribution in [3.63, 3.8) is 0 Å². The van der Waals surface area contributed by atoms with Crippen LogP contribution in [0.25, 0.3) is 11.3 Å². The van der Waals surface area contributed by atoms with Crippen LogP contribution in [0, 0.1) is 11.3 Å². The molecule has 1 saturated heterocycles. The summed E-state index contributed by atoms with van der Waals surface area (Å²) in [6.07, 6.45) is 5.28. The Kier molecular flexibility index (Phi) is 4.52. The van der Waals surface area contributed by atoms with Gasteiger partial charge >= 0.3 is 6.03 Å². The highest BCUT2D eigenvalue weighted by Gasteiger charge is 2.38. The summed E-state index contributed by atoms with van der Waals surface area (Å²) >= 11 is 0. The van der Waals surface area contributed by atoms with Crippen LogP contribution in [0.4, 0.5) is 22.0 Å². The zero-order valence-electron chi connectivity index (χ0n) is 16.3. The van der Waals surface area contributed by atoms with Gasteiger partial charge in [0.2, 0.25) is 0 Å². The van der Waals surface area contributed by atoms with Crippen molar-refractivity contribution in [1.29, 1.82) is 5.26 Å². The number of urea groups is 1. The summed E-state index contributed by atoms with van der Waals surface area (Å²) in [6, 6.07) is 17.0. The molecule has 2 aliphatic rings. The first kappa shape index (κ1) is 18.1. The van der Waals surface area contributed by atoms with Crippen LogP contribution in [0.1, 0.15) is 18.4 Å². The smallest absolute Gasteiger partial charge is 0.327 e. The number of piperidine rings is 1. The van der Waals surface area contributed by atoms with Gasteiger partial charge in [0.15, 0.2) is 5.82 Å². The van der Waals surface area contributed by atoms with Crippen molar-refractivity contribution in [1.82, 2.24) is 9.97 Å². The highest BCUT2D eigenvalue weighted by molar-refractivity contribution is 6.04. The molecule has 0 aliphatic carbocycles. The summed E-state index contributed by atoms with van der Waals surface area (Å²) in [4.78, 5) is 26.3. The average Bonchev–Trinajstić information content (AvgIpc) is 2.80. The predicted molar refractivity (Wildman–Crippen MR) is 115 cm³/mol. The molecule has 30 heavy (non-hydrogen) atoms. The minimum atomic E-state index is -0.203. The van der Waals surface area contributed by atoms with Gasteiger partial charge in [0.25, 0.3) is 0 Å². The molecule has 148 valence electrons. The minimum absolute atomic E-state index is 0.0658. The first-order valence-electron chi connectivity index (χ1n) is 10.00. The molecule has 0 unspecified atom stereocenters. The Hall–Kier alpha value is -3.92. The Bertz CT molecular complexity index is 1140. The van der Waals surface area contributed by atoms with E-state index in [1.807, 2.05) is 36.4 Å². The summed E-state index contributed by atoms with van der Waals surface area (Å²) in [7, 11) is 0. The molecule has 1 atom stereocenters. The van der Waals surface area contributed by atoms with Crippen molar-refractivity contribution in [2.75, 3.05) is 28.2 Å². The highest BCUT2D eigenvalue weighted by atomic mass is 16.2. The monoisotopic (exact) mass is 396 g/mol. The van der Waals surface area contributed by atoms with Crippen molar-refractivity contribution in [2.24, 2.45) is 0 Å². The fourth-order valence-electron chi connectivity index (χ4n) is 4.21. The molecule has 0 saturated carbocycles. The van der Waals surface area contributed by atoms with Gasteiger partial charge in [-0.05, 0) is 49.2 Å². The molecule has 2 amide bonds. The third-order valence-electron chi connectivity index (χ3n) is 5.60. The van der Waals surface area contributed by atoms with E-state index in [1.54, 1.807) is 29.4 Å². The predicted octanol–water partition coefficient (Wildman–Crippen LogP) is 4.04. The quantitative estimate of drug-likeness (QED) is 0.707. The van der Waals surface area contributed by atoms with Gasteiger partial charge < -0.3 is 10.2 Å². The fourth-order valence-corrected chi connectivity index (χ4v) is 4.21. The number of amides is 2. The van der Waals surface area contributed by atoms with Crippen molar-refractivity contribution >= 4 is 23.2 Å². The number of hydrogen-bond donors (Lipinski definition) is 1. The van der Waals surface area contributed by atoms with Crippen molar-refractivity contribution in [3.8, 4) is 17.3 Å². The normalized spacial score (nSPS) is 17.1. The summed E-state index contributed by atoms with van der Waals surface area (Å²) in [5.41, 5.74) is 3.80. The number of nitrogens with one attached hydrogen (secondary N) is 1. The van der Waals surface area contributed by atoms with Crippen LogP contribution in [-0.4, -0.2) is 35.1 Å². The number of pyridine rings is 2. The Balaban J connectivity index is 1.56. The van der Waals surface area contributed by atoms with E-state index in [-0.39, 0.29) is 12.1 Å². The van der Waals surface area contributed by atoms with Crippen LogP contribution < -0.4 is 15.1 Å². The van der Waals surface area contributed by atoms with Crippen LogP contribution in [0.15, 0.2) is 60.9 Å². The molecule has 2 bridgehead atoms. The van der Waals surface area contributed by atoms with E-state index in [0.29, 0.717) is 17.1 Å². The van der Waals surface area contributed by atoms with Gasteiger partial charge in [-0.2, -0.15) is 5.26 Å². The van der Waals surface area contributed by atoms with Gasteiger partial charge in [-0.15, -0.1) is 0 Å². The number of benzene rings is 1. The van der Waals surface area contributed by atoms with Gasteiger partial charge in [0.1, 0.15) is 0 Å². The summed E-state index contributed by atoms with van der Waals surface area (Å²) < 4.78 is 0. The lowest BCUT2D eigenvalue weighted by Crippen LogP contribution is -2.56. The molecule has 0 spiro atoms. The number of nitriles is 1. The van der Waals surface area contributed by atoms with Crippen LogP contribution in [0.3, 0.4) is 0 Å². The Morgan fingerprint density at radius 1 is 1.20 bits per heavy atom. The molecule has 1 fully saturated rings. The first-order valence-corrected chi connectivity index (χ1v) is 10.00. The van der Waals surface area contributed by atoms with Gasteiger partial charge in [-0.3, -0.25) is 9.88 Å². The molecule has 2 aliphatic heterocycles. The van der Waals surface area contributed by atoms with E-state index in [2.05, 4.69) is 21.3 Å². The summed E-state index contributed by atoms with van der Waals surface area (Å²) in [5.74, 6) is 0.659. The lowest BCUT2D eigenvalue weighted by atomic mass is 9.99. The molecule has 4 heterocycles. The second kappa shape index (κ2) is 7.48. The van der Waals surface area contributed by atoms with Crippen molar-refractivity contribution in [2.45, 2.75) is 18.9 Å². The number of carbonyl (C=O) groups excluding carboxylic acids is 1. The third kappa shape index (κ3) is 3.22. The second-order valence-corrected chi connectivity index (χ2v) is 7.52. The highest BCUT2D eigenvalue weighted by Crippen LogP contribution is 2.39. The van der Waals surface area contributed by atoms with Crippen LogP contribution in [0.2, 0.25) is 0 Å². The number of hydrogen-bond acceptors (Lipinski definition) is 5. The number of fused-ring (bicyclic) bond motifs is 4. The number of carbonyl (C=O) groups is 1. The number of aromatic nitrogens is 2. The first-order chi connectivity index (χ1) is 14.7. The lowest BCUT2D eigenvalue weighted by Gasteiger charge is -2.45. The zero-order chi connectivity index (χ0) is 20.5. The average molecular weight is 396 g/mol. The van der Waals surface area contributed by atoms with Gasteiger partial charge in [0, 0.05) is 24.8 Å². The second-order valence-electron chi connectivity index (χ2n) is 7.52. The largest absolute Gasteiger partial charge is 0.366 e. The fraction of sp³-hybridized carbons (Fsp3) is 0.217. The van der Waals surface area contributed by atoms with E-state index in [0.717, 1.165) is 42.9 Å². The van der Waals surface area contributed by atoms with E-state index < -0.39 is 0 Å². The molecule has 7 heteroatoms. The molecular weight excluding hydrogens is 376 g/mol. The maximum atomic E-state index is 13.3. The van der Waals surface area contributed by atoms with E-state index in [9.17, 15) is 10.1 Å². The number of rotatable bonds is 2. The number of anilines is 3. The maximum Gasteiger partial charge on any atom is 0.327 e. The molecule has 2 aromatic heterocycles. The van der Waals surface area contributed by atoms with Gasteiger partial charge in [-0.25, -0.2) is 9.78 Å². The van der Waals surface area contributed by atoms with Crippen LogP contribution in [-0.2, 0) is 0 Å². The minimum Gasteiger partial charge on any atom is -0.366 e. The molecule has 5 rings (SSSR count). The molecular formula is C23H20N6O. The van der Waals surface area contributed by atoms with Gasteiger partial charge in [0.05, 0.1) is 40.9 Å². The third-order valence-corrected chi connectivity index (χ3v) is 5.60. The van der Waals surface area contributed by atoms with Crippen LogP contribution >= 0.6 is 0 Å². The Labute approximate surface area is 174 Å². The molecule has 1 aromatic carbocycles. The molecule has 1 N–H and O–H groups in total. The molecule has 3 aromatic rings. The van der Waals surface area contributed by atoms with E-state index in [4.69, 9.17) is 4.98 Å². The van der Waals surface area contributed by atoms with Crippen LogP contribution in [0.5, 0.6) is 0 Å². The Morgan fingerprint density at radius 3 is 2.97 bits per heavy atom. The standard InChI is InChI=1S/C23H20N6O/c24-13-16-4-1-5-17(12-16)20-8-9-21-22(27-20)29(19-7-3-11-28(21)15-19)23(30)26-18-6-2-10-25-14-18/h1-2,4-6,8-10,12,14,19H,3,7,11,15H2,(H,26,30)/t19-/m1/s1. The van der Waals surface area contributed by atoms with E-state index in [1.165, 1.54) is 0 Å².